The van der Waals surface area contributed by atoms with Crippen LogP contribution in [0.4, 0.5) is 10.1 Å². The molecule has 1 saturated heterocycles. The Morgan fingerprint density at radius 2 is 2.00 bits per heavy atom. The highest BCUT2D eigenvalue weighted by Gasteiger charge is 2.29. The monoisotopic (exact) mass is 502 g/mol. The van der Waals surface area contributed by atoms with Crippen LogP contribution in [0.3, 0.4) is 0 Å². The second-order valence-electron chi connectivity index (χ2n) is 8.75. The van der Waals surface area contributed by atoms with E-state index in [0.29, 0.717) is 28.5 Å². The van der Waals surface area contributed by atoms with Crippen molar-refractivity contribution in [3.8, 4) is 11.5 Å². The molecular formula is C23H27ClN6O3S. The van der Waals surface area contributed by atoms with Crippen molar-refractivity contribution in [2.24, 2.45) is 0 Å². The zero-order valence-electron chi connectivity index (χ0n) is 19.0. The highest BCUT2D eigenvalue weighted by Crippen LogP contribution is 2.40. The number of aromatic nitrogens is 3. The van der Waals surface area contributed by atoms with Crippen molar-refractivity contribution in [3.63, 3.8) is 0 Å². The molecule has 3 aromatic rings. The summed E-state index contributed by atoms with van der Waals surface area (Å²) < 4.78 is 5.78. The Hall–Kier alpha value is -2.69. The van der Waals surface area contributed by atoms with E-state index >= 15 is 0 Å². The lowest BCUT2D eigenvalue weighted by molar-refractivity contribution is 0.102. The molecule has 34 heavy (non-hydrogen) atoms. The molecule has 0 spiro atoms. The van der Waals surface area contributed by atoms with Gasteiger partial charge >= 0.3 is 0 Å². The van der Waals surface area contributed by atoms with Crippen molar-refractivity contribution in [1.82, 2.24) is 19.9 Å². The normalized spacial score (nSPS) is 17.8. The fraction of sp³-hybridized carbons (Fsp3) is 0.478. The van der Waals surface area contributed by atoms with Crippen LogP contribution in [0.2, 0.25) is 5.02 Å². The second-order valence-corrected chi connectivity index (χ2v) is 10.1. The molecule has 0 unspecified atom stereocenters. The number of H-pyrrole nitrogens is 1. The van der Waals surface area contributed by atoms with Gasteiger partial charge in [0, 0.05) is 45.3 Å². The van der Waals surface area contributed by atoms with E-state index in [2.05, 4.69) is 30.1 Å². The molecule has 0 bridgehead atoms. The molecule has 2 fully saturated rings. The molecule has 3 aromatic heterocycles. The number of rotatable bonds is 5. The van der Waals surface area contributed by atoms with E-state index in [4.69, 9.17) is 16.0 Å². The standard InChI is InChI=1S/C23H27ClN6O3S/c1-14-25-13-18(33-14)19-22(30-9-7-29(8-10-30)16-5-3-2-4-6-16)34-23(27-19)28-20(31)15-11-17(24)21(32)26-12-15/h11-13,16H,2-10H2,1H3,(H,26,32)(H,27,28,31). The fourth-order valence-corrected chi connectivity index (χ4v) is 5.89. The Balaban J connectivity index is 1.36. The number of aromatic amines is 1. The van der Waals surface area contributed by atoms with E-state index in [9.17, 15) is 9.59 Å². The first kappa shape index (κ1) is 23.1. The first-order valence-corrected chi connectivity index (χ1v) is 12.8. The van der Waals surface area contributed by atoms with Crippen molar-refractivity contribution >= 4 is 39.0 Å². The Kier molecular flexibility index (Phi) is 6.71. The van der Waals surface area contributed by atoms with Crippen LogP contribution in [-0.4, -0.2) is 58.0 Å². The summed E-state index contributed by atoms with van der Waals surface area (Å²) in [6, 6.07) is 2.04. The zero-order valence-corrected chi connectivity index (χ0v) is 20.5. The van der Waals surface area contributed by atoms with Crippen LogP contribution in [-0.2, 0) is 0 Å². The predicted molar refractivity (Wildman–Crippen MR) is 133 cm³/mol. The molecule has 1 saturated carbocycles. The van der Waals surface area contributed by atoms with Crippen molar-refractivity contribution in [1.29, 1.82) is 0 Å². The third-order valence-electron chi connectivity index (χ3n) is 6.50. The summed E-state index contributed by atoms with van der Waals surface area (Å²) in [6.45, 7) is 5.59. The number of amides is 1. The third kappa shape index (κ3) is 4.89. The van der Waals surface area contributed by atoms with Gasteiger partial charge in [-0.1, -0.05) is 42.2 Å². The number of hydrogen-bond acceptors (Lipinski definition) is 8. The van der Waals surface area contributed by atoms with Gasteiger partial charge in [0.15, 0.2) is 16.8 Å². The predicted octanol–water partition coefficient (Wildman–Crippen LogP) is 4.16. The molecule has 1 amide bonds. The summed E-state index contributed by atoms with van der Waals surface area (Å²) >= 11 is 7.28. The third-order valence-corrected chi connectivity index (χ3v) is 7.81. The number of carbonyl (C=O) groups is 1. The first-order chi connectivity index (χ1) is 16.5. The minimum atomic E-state index is -0.440. The number of halogens is 1. The summed E-state index contributed by atoms with van der Waals surface area (Å²) in [6.07, 6.45) is 9.62. The van der Waals surface area contributed by atoms with Gasteiger partial charge in [0.2, 0.25) is 0 Å². The van der Waals surface area contributed by atoms with Gasteiger partial charge in [0.1, 0.15) is 15.7 Å². The van der Waals surface area contributed by atoms with Crippen molar-refractivity contribution < 1.29 is 9.21 Å². The van der Waals surface area contributed by atoms with Gasteiger partial charge in [-0.3, -0.25) is 19.8 Å². The van der Waals surface area contributed by atoms with E-state index in [-0.39, 0.29) is 10.6 Å². The lowest BCUT2D eigenvalue weighted by atomic mass is 9.94. The van der Waals surface area contributed by atoms with Gasteiger partial charge in [-0.05, 0) is 18.9 Å². The number of nitrogens with zero attached hydrogens (tertiary/aromatic N) is 4. The Morgan fingerprint density at radius 1 is 1.24 bits per heavy atom. The van der Waals surface area contributed by atoms with Crippen molar-refractivity contribution in [2.75, 3.05) is 36.4 Å². The lowest BCUT2D eigenvalue weighted by Crippen LogP contribution is -2.50. The molecule has 11 heteroatoms. The molecule has 2 aliphatic rings. The maximum atomic E-state index is 12.8. The fourth-order valence-electron chi connectivity index (χ4n) is 4.70. The topological polar surface area (TPSA) is 107 Å². The van der Waals surface area contributed by atoms with Crippen LogP contribution in [0, 0.1) is 6.92 Å². The van der Waals surface area contributed by atoms with E-state index in [1.54, 1.807) is 13.1 Å². The molecule has 0 atom stereocenters. The van der Waals surface area contributed by atoms with Crippen LogP contribution >= 0.6 is 22.9 Å². The molecule has 2 N–H and O–H groups in total. The smallest absolute Gasteiger partial charge is 0.266 e. The maximum Gasteiger partial charge on any atom is 0.266 e. The number of anilines is 2. The van der Waals surface area contributed by atoms with Gasteiger partial charge in [-0.2, -0.15) is 0 Å². The molecule has 0 radical (unpaired) electrons. The lowest BCUT2D eigenvalue weighted by Gasteiger charge is -2.41. The second kappa shape index (κ2) is 9.89. The maximum absolute atomic E-state index is 12.8. The van der Waals surface area contributed by atoms with Crippen LogP contribution in [0.5, 0.6) is 0 Å². The Bertz CT molecular complexity index is 1220. The molecular weight excluding hydrogens is 476 g/mol. The highest BCUT2D eigenvalue weighted by atomic mass is 35.5. The van der Waals surface area contributed by atoms with Crippen LogP contribution in [0.1, 0.15) is 48.4 Å². The molecule has 4 heterocycles. The summed E-state index contributed by atoms with van der Waals surface area (Å²) in [5, 5.41) is 4.19. The van der Waals surface area contributed by atoms with E-state index in [1.807, 2.05) is 0 Å². The minimum Gasteiger partial charge on any atom is -0.439 e. The molecule has 1 aliphatic carbocycles. The molecule has 9 nitrogen and oxygen atoms in total. The van der Waals surface area contributed by atoms with E-state index < -0.39 is 11.5 Å². The number of carbonyl (C=O) groups excluding carboxylic acids is 1. The summed E-state index contributed by atoms with van der Waals surface area (Å²) in [4.78, 5) is 40.6. The van der Waals surface area contributed by atoms with E-state index in [1.165, 1.54) is 55.7 Å². The molecule has 5 rings (SSSR count). The highest BCUT2D eigenvalue weighted by molar-refractivity contribution is 7.20. The van der Waals surface area contributed by atoms with Gasteiger partial charge in [0.25, 0.3) is 11.5 Å². The number of thiazole rings is 1. The summed E-state index contributed by atoms with van der Waals surface area (Å²) in [5.74, 6) is 0.733. The van der Waals surface area contributed by atoms with Gasteiger partial charge in [-0.25, -0.2) is 9.97 Å². The minimum absolute atomic E-state index is 0.0406. The van der Waals surface area contributed by atoms with Gasteiger partial charge < -0.3 is 14.3 Å². The number of piperazine rings is 1. The first-order valence-electron chi connectivity index (χ1n) is 11.6. The quantitative estimate of drug-likeness (QED) is 0.539. The summed E-state index contributed by atoms with van der Waals surface area (Å²) in [7, 11) is 0. The molecule has 1 aliphatic heterocycles. The number of hydrogen-bond donors (Lipinski definition) is 2. The summed E-state index contributed by atoms with van der Waals surface area (Å²) in [5.41, 5.74) is 0.483. The average Bonchev–Trinajstić information content (AvgIpc) is 3.47. The Morgan fingerprint density at radius 3 is 2.68 bits per heavy atom. The Labute approximate surface area is 206 Å². The molecule has 0 aromatic carbocycles. The van der Waals surface area contributed by atoms with Crippen LogP contribution < -0.4 is 15.8 Å². The van der Waals surface area contributed by atoms with Crippen molar-refractivity contribution in [2.45, 2.75) is 45.1 Å². The number of oxazole rings is 1. The average molecular weight is 503 g/mol. The van der Waals surface area contributed by atoms with Crippen LogP contribution in [0.15, 0.2) is 27.7 Å². The number of nitrogens with one attached hydrogen (secondary N) is 2. The van der Waals surface area contributed by atoms with Gasteiger partial charge in [0.05, 0.1) is 11.8 Å². The van der Waals surface area contributed by atoms with Crippen LogP contribution in [0.25, 0.3) is 11.5 Å². The zero-order chi connectivity index (χ0) is 23.7. The number of aryl methyl sites for hydroxylation is 1. The largest absolute Gasteiger partial charge is 0.439 e. The van der Waals surface area contributed by atoms with Gasteiger partial charge in [-0.15, -0.1) is 0 Å². The SMILES string of the molecule is Cc1ncc(-c2nc(NC(=O)c3c[nH]c(=O)c(Cl)c3)sc2N2CCN(C3CCCCC3)CC2)o1. The molecule has 180 valence electrons. The number of pyridine rings is 1. The van der Waals surface area contributed by atoms with E-state index in [0.717, 1.165) is 31.2 Å². The van der Waals surface area contributed by atoms with Crippen molar-refractivity contribution in [3.05, 3.63) is 45.3 Å².